The number of benzene rings is 2. The SMILES string of the molecule is CC(NC(=O)c1cc(Br)ccc1Br)c1c(F)cccc1F. The molecule has 2 aromatic carbocycles. The Bertz CT molecular complexity index is 671. The number of nitrogens with one attached hydrogen (secondary N) is 1. The number of rotatable bonds is 3. The predicted octanol–water partition coefficient (Wildman–Crippen LogP) is 4.98. The Morgan fingerprint density at radius 1 is 1.14 bits per heavy atom. The molecule has 0 spiro atoms. The van der Waals surface area contributed by atoms with E-state index >= 15 is 0 Å². The molecule has 110 valence electrons. The van der Waals surface area contributed by atoms with Gasteiger partial charge in [0.05, 0.1) is 11.6 Å². The van der Waals surface area contributed by atoms with Gasteiger partial charge in [0.1, 0.15) is 11.6 Å². The van der Waals surface area contributed by atoms with Gasteiger partial charge in [0.15, 0.2) is 0 Å². The van der Waals surface area contributed by atoms with E-state index in [-0.39, 0.29) is 5.56 Å². The first-order valence-corrected chi connectivity index (χ1v) is 7.68. The standard InChI is InChI=1S/C15H11Br2F2NO/c1-8(14-12(18)3-2-4-13(14)19)20-15(21)10-7-9(16)5-6-11(10)17/h2-8H,1H3,(H,20,21). The van der Waals surface area contributed by atoms with Crippen molar-refractivity contribution in [1.29, 1.82) is 0 Å². The maximum atomic E-state index is 13.7. The van der Waals surface area contributed by atoms with Crippen molar-refractivity contribution in [2.45, 2.75) is 13.0 Å². The van der Waals surface area contributed by atoms with Crippen LogP contribution in [0.1, 0.15) is 28.9 Å². The topological polar surface area (TPSA) is 29.1 Å². The van der Waals surface area contributed by atoms with Gasteiger partial charge in [-0.15, -0.1) is 0 Å². The number of halogens is 4. The molecule has 0 aliphatic heterocycles. The summed E-state index contributed by atoms with van der Waals surface area (Å²) in [5.74, 6) is -1.79. The third kappa shape index (κ3) is 3.68. The fraction of sp³-hybridized carbons (Fsp3) is 0.133. The van der Waals surface area contributed by atoms with E-state index < -0.39 is 23.6 Å². The molecule has 6 heteroatoms. The third-order valence-corrected chi connectivity index (χ3v) is 4.14. The first-order valence-electron chi connectivity index (χ1n) is 6.10. The lowest BCUT2D eigenvalue weighted by atomic mass is 10.1. The van der Waals surface area contributed by atoms with Crippen molar-refractivity contribution in [3.8, 4) is 0 Å². The molecule has 0 bridgehead atoms. The van der Waals surface area contributed by atoms with Gasteiger partial charge in [0, 0.05) is 14.5 Å². The molecule has 0 fully saturated rings. The molecule has 2 nitrogen and oxygen atoms in total. The fourth-order valence-corrected chi connectivity index (χ4v) is 2.73. The summed E-state index contributed by atoms with van der Waals surface area (Å²) in [5.41, 5.74) is 0.227. The van der Waals surface area contributed by atoms with Crippen molar-refractivity contribution in [3.63, 3.8) is 0 Å². The average Bonchev–Trinajstić information content (AvgIpc) is 2.41. The molecule has 1 atom stereocenters. The zero-order valence-electron chi connectivity index (χ0n) is 11.0. The molecule has 0 aliphatic rings. The minimum absolute atomic E-state index is 0.156. The van der Waals surface area contributed by atoms with E-state index in [2.05, 4.69) is 37.2 Å². The number of carbonyl (C=O) groups is 1. The highest BCUT2D eigenvalue weighted by molar-refractivity contribution is 9.11. The summed E-state index contributed by atoms with van der Waals surface area (Å²) >= 11 is 6.55. The largest absolute Gasteiger partial charge is 0.345 e. The average molecular weight is 419 g/mol. The zero-order chi connectivity index (χ0) is 15.6. The molecule has 0 radical (unpaired) electrons. The second kappa shape index (κ2) is 6.66. The molecule has 21 heavy (non-hydrogen) atoms. The van der Waals surface area contributed by atoms with Gasteiger partial charge >= 0.3 is 0 Å². The Balaban J connectivity index is 2.25. The van der Waals surface area contributed by atoms with Gasteiger partial charge in [-0.3, -0.25) is 4.79 Å². The lowest BCUT2D eigenvalue weighted by Crippen LogP contribution is -2.28. The fourth-order valence-electron chi connectivity index (χ4n) is 1.94. The summed E-state index contributed by atoms with van der Waals surface area (Å²) in [6, 6.07) is 7.95. The van der Waals surface area contributed by atoms with Crippen LogP contribution in [0.5, 0.6) is 0 Å². The Morgan fingerprint density at radius 3 is 2.38 bits per heavy atom. The summed E-state index contributed by atoms with van der Waals surface area (Å²) < 4.78 is 28.7. The minimum Gasteiger partial charge on any atom is -0.345 e. The number of carbonyl (C=O) groups excluding carboxylic acids is 1. The first kappa shape index (κ1) is 16.1. The van der Waals surface area contributed by atoms with Gasteiger partial charge in [-0.05, 0) is 53.2 Å². The Hall–Kier alpha value is -1.27. The van der Waals surface area contributed by atoms with Gasteiger partial charge in [-0.25, -0.2) is 8.78 Å². The second-order valence-electron chi connectivity index (χ2n) is 4.45. The summed E-state index contributed by atoms with van der Waals surface area (Å²) in [5, 5.41) is 2.59. The van der Waals surface area contributed by atoms with Crippen LogP contribution in [-0.2, 0) is 0 Å². The van der Waals surface area contributed by atoms with Crippen molar-refractivity contribution in [2.24, 2.45) is 0 Å². The van der Waals surface area contributed by atoms with Crippen LogP contribution in [0, 0.1) is 11.6 Å². The number of amides is 1. The molecular weight excluding hydrogens is 408 g/mol. The van der Waals surface area contributed by atoms with Crippen LogP contribution in [0.15, 0.2) is 45.3 Å². The molecule has 1 unspecified atom stereocenters. The van der Waals surface area contributed by atoms with Gasteiger partial charge in [0.25, 0.3) is 5.91 Å². The van der Waals surface area contributed by atoms with E-state index in [1.165, 1.54) is 13.0 Å². The van der Waals surface area contributed by atoms with E-state index in [1.54, 1.807) is 18.2 Å². The van der Waals surface area contributed by atoms with Crippen molar-refractivity contribution >= 4 is 37.8 Å². The molecular formula is C15H11Br2F2NO. The van der Waals surface area contributed by atoms with E-state index in [4.69, 9.17) is 0 Å². The van der Waals surface area contributed by atoms with Gasteiger partial charge in [-0.2, -0.15) is 0 Å². The van der Waals surface area contributed by atoms with Crippen molar-refractivity contribution in [1.82, 2.24) is 5.32 Å². The lowest BCUT2D eigenvalue weighted by Gasteiger charge is -2.16. The van der Waals surface area contributed by atoms with Gasteiger partial charge in [-0.1, -0.05) is 22.0 Å². The predicted molar refractivity (Wildman–Crippen MR) is 84.1 cm³/mol. The quantitative estimate of drug-likeness (QED) is 0.748. The lowest BCUT2D eigenvalue weighted by molar-refractivity contribution is 0.0938. The Labute approximate surface area is 137 Å². The molecule has 0 heterocycles. The first-order chi connectivity index (χ1) is 9.90. The second-order valence-corrected chi connectivity index (χ2v) is 6.22. The molecule has 2 aromatic rings. The Kier molecular flexibility index (Phi) is 5.11. The van der Waals surface area contributed by atoms with Crippen molar-refractivity contribution in [3.05, 3.63) is 68.1 Å². The maximum Gasteiger partial charge on any atom is 0.252 e. The molecule has 0 aliphatic carbocycles. The Morgan fingerprint density at radius 2 is 1.76 bits per heavy atom. The molecule has 1 N–H and O–H groups in total. The molecule has 0 saturated heterocycles. The van der Waals surface area contributed by atoms with Crippen molar-refractivity contribution < 1.29 is 13.6 Å². The van der Waals surface area contributed by atoms with E-state index in [9.17, 15) is 13.6 Å². The molecule has 1 amide bonds. The molecule has 0 aromatic heterocycles. The highest BCUT2D eigenvalue weighted by atomic mass is 79.9. The summed E-state index contributed by atoms with van der Waals surface area (Å²) in [6.07, 6.45) is 0. The molecule has 2 rings (SSSR count). The zero-order valence-corrected chi connectivity index (χ0v) is 14.1. The number of hydrogen-bond donors (Lipinski definition) is 1. The van der Waals surface area contributed by atoms with Crippen LogP contribution in [-0.4, -0.2) is 5.91 Å². The van der Waals surface area contributed by atoms with Crippen LogP contribution in [0.4, 0.5) is 8.78 Å². The number of hydrogen-bond acceptors (Lipinski definition) is 1. The van der Waals surface area contributed by atoms with Crippen LogP contribution in [0.2, 0.25) is 0 Å². The van der Waals surface area contributed by atoms with E-state index in [1.807, 2.05) is 0 Å². The van der Waals surface area contributed by atoms with Gasteiger partial charge in [0.2, 0.25) is 0 Å². The highest BCUT2D eigenvalue weighted by Gasteiger charge is 2.19. The summed E-state index contributed by atoms with van der Waals surface area (Å²) in [7, 11) is 0. The van der Waals surface area contributed by atoms with Crippen LogP contribution in [0.25, 0.3) is 0 Å². The van der Waals surface area contributed by atoms with Crippen LogP contribution in [0.3, 0.4) is 0 Å². The van der Waals surface area contributed by atoms with E-state index in [0.717, 1.165) is 16.6 Å². The smallest absolute Gasteiger partial charge is 0.252 e. The minimum atomic E-state index is -0.787. The maximum absolute atomic E-state index is 13.7. The van der Waals surface area contributed by atoms with Gasteiger partial charge < -0.3 is 5.32 Å². The normalized spacial score (nSPS) is 12.0. The van der Waals surface area contributed by atoms with Crippen LogP contribution >= 0.6 is 31.9 Å². The van der Waals surface area contributed by atoms with E-state index in [0.29, 0.717) is 10.0 Å². The summed E-state index contributed by atoms with van der Waals surface area (Å²) in [6.45, 7) is 1.53. The molecule has 0 saturated carbocycles. The monoisotopic (exact) mass is 417 g/mol. The van der Waals surface area contributed by atoms with Crippen LogP contribution < -0.4 is 5.32 Å². The third-order valence-electron chi connectivity index (χ3n) is 2.95. The summed E-state index contributed by atoms with van der Waals surface area (Å²) in [4.78, 5) is 12.2. The van der Waals surface area contributed by atoms with Crippen molar-refractivity contribution in [2.75, 3.05) is 0 Å². The highest BCUT2D eigenvalue weighted by Crippen LogP contribution is 2.24.